The van der Waals surface area contributed by atoms with Crippen LogP contribution >= 0.6 is 35.6 Å². The van der Waals surface area contributed by atoms with Gasteiger partial charge in [0.05, 0.1) is 0 Å². The molecular weight excluding hydrogens is 345 g/mol. The highest BCUT2D eigenvalue weighted by Gasteiger charge is 2.44. The molecule has 0 amide bonds. The standard InChI is InChI=1S/C13H16Cl2F2N2O.ClH/c14-9-1-2-11(15)10(7-9)12(13(16,17)8-20)19-5-3-18-4-6-19;/h1-2,7,12,18,20H,3-6,8H2;1H/t12-;/m0./s1. The van der Waals surface area contributed by atoms with E-state index in [1.54, 1.807) is 11.0 Å². The van der Waals surface area contributed by atoms with E-state index in [9.17, 15) is 8.78 Å². The summed E-state index contributed by atoms with van der Waals surface area (Å²) >= 11 is 12.0. The zero-order valence-corrected chi connectivity index (χ0v) is 13.5. The van der Waals surface area contributed by atoms with Crippen LogP contribution in [-0.4, -0.2) is 48.7 Å². The molecule has 0 radical (unpaired) electrons. The first-order valence-corrected chi connectivity index (χ1v) is 7.09. The molecular formula is C13H17Cl3F2N2O. The third kappa shape index (κ3) is 4.41. The minimum atomic E-state index is -3.29. The summed E-state index contributed by atoms with van der Waals surface area (Å²) in [5.74, 6) is -3.29. The maximum absolute atomic E-state index is 14.2. The number of rotatable bonds is 4. The highest BCUT2D eigenvalue weighted by Crippen LogP contribution is 2.40. The lowest BCUT2D eigenvalue weighted by Crippen LogP contribution is -2.51. The summed E-state index contributed by atoms with van der Waals surface area (Å²) < 4.78 is 28.4. The molecule has 1 aromatic carbocycles. The Hall–Kier alpha value is -0.170. The number of halogens is 5. The van der Waals surface area contributed by atoms with Gasteiger partial charge in [-0.2, -0.15) is 0 Å². The molecule has 3 nitrogen and oxygen atoms in total. The first-order chi connectivity index (χ1) is 9.45. The Labute approximate surface area is 138 Å². The van der Waals surface area contributed by atoms with E-state index in [1.165, 1.54) is 12.1 Å². The molecule has 0 spiro atoms. The molecule has 120 valence electrons. The number of alkyl halides is 2. The van der Waals surface area contributed by atoms with Crippen LogP contribution in [0.3, 0.4) is 0 Å². The second kappa shape index (κ2) is 7.90. The highest BCUT2D eigenvalue weighted by atomic mass is 35.5. The maximum Gasteiger partial charge on any atom is 0.289 e. The van der Waals surface area contributed by atoms with Crippen molar-refractivity contribution in [2.75, 3.05) is 32.8 Å². The minimum absolute atomic E-state index is 0. The fraction of sp³-hybridized carbons (Fsp3) is 0.538. The van der Waals surface area contributed by atoms with Crippen LogP contribution in [0.4, 0.5) is 8.78 Å². The first kappa shape index (κ1) is 18.9. The van der Waals surface area contributed by atoms with Gasteiger partial charge in [0, 0.05) is 36.2 Å². The van der Waals surface area contributed by atoms with Crippen molar-refractivity contribution in [3.8, 4) is 0 Å². The predicted octanol–water partition coefficient (Wildman–Crippen LogP) is 2.99. The van der Waals surface area contributed by atoms with Crippen molar-refractivity contribution in [2.45, 2.75) is 12.0 Å². The van der Waals surface area contributed by atoms with Crippen molar-refractivity contribution < 1.29 is 13.9 Å². The van der Waals surface area contributed by atoms with Crippen molar-refractivity contribution in [1.29, 1.82) is 0 Å². The van der Waals surface area contributed by atoms with Gasteiger partial charge in [0.25, 0.3) is 5.92 Å². The number of piperazine rings is 1. The molecule has 1 fully saturated rings. The third-order valence-corrected chi connectivity index (χ3v) is 3.96. The molecule has 0 saturated carbocycles. The van der Waals surface area contributed by atoms with Crippen LogP contribution in [0.5, 0.6) is 0 Å². The van der Waals surface area contributed by atoms with Crippen molar-refractivity contribution >= 4 is 35.6 Å². The smallest absolute Gasteiger partial charge is 0.289 e. The molecule has 21 heavy (non-hydrogen) atoms. The minimum Gasteiger partial charge on any atom is -0.390 e. The summed E-state index contributed by atoms with van der Waals surface area (Å²) in [4.78, 5) is 1.63. The lowest BCUT2D eigenvalue weighted by Gasteiger charge is -2.39. The lowest BCUT2D eigenvalue weighted by molar-refractivity contribution is -0.118. The van der Waals surface area contributed by atoms with E-state index >= 15 is 0 Å². The zero-order chi connectivity index (χ0) is 14.8. The van der Waals surface area contributed by atoms with Crippen LogP contribution in [-0.2, 0) is 0 Å². The summed E-state index contributed by atoms with van der Waals surface area (Å²) in [6, 6.07) is 3.22. The quantitative estimate of drug-likeness (QED) is 0.865. The van der Waals surface area contributed by atoms with Crippen molar-refractivity contribution in [1.82, 2.24) is 10.2 Å². The highest BCUT2D eigenvalue weighted by molar-refractivity contribution is 6.33. The van der Waals surface area contributed by atoms with E-state index in [0.29, 0.717) is 31.2 Å². The Morgan fingerprint density at radius 2 is 1.90 bits per heavy atom. The van der Waals surface area contributed by atoms with Crippen LogP contribution in [0, 0.1) is 0 Å². The molecule has 0 aliphatic carbocycles. The second-order valence-electron chi connectivity index (χ2n) is 4.77. The molecule has 1 aromatic rings. The van der Waals surface area contributed by atoms with Gasteiger partial charge < -0.3 is 10.4 Å². The Kier molecular flexibility index (Phi) is 7.10. The number of aliphatic hydroxyl groups excluding tert-OH is 1. The van der Waals surface area contributed by atoms with Crippen molar-refractivity contribution in [3.05, 3.63) is 33.8 Å². The summed E-state index contributed by atoms with van der Waals surface area (Å²) in [5.41, 5.74) is 0.250. The van der Waals surface area contributed by atoms with Gasteiger partial charge in [-0.25, -0.2) is 8.78 Å². The molecule has 0 bridgehead atoms. The number of nitrogens with one attached hydrogen (secondary N) is 1. The van der Waals surface area contributed by atoms with Crippen LogP contribution in [0.1, 0.15) is 11.6 Å². The SMILES string of the molecule is Cl.OCC(F)(F)[C@H](c1cc(Cl)ccc1Cl)N1CCNCC1. The molecule has 8 heteroatoms. The zero-order valence-electron chi connectivity index (χ0n) is 11.2. The molecule has 2 rings (SSSR count). The molecule has 0 aromatic heterocycles. The molecule has 1 atom stereocenters. The van der Waals surface area contributed by atoms with Gasteiger partial charge in [-0.15, -0.1) is 12.4 Å². The average molecular weight is 362 g/mol. The largest absolute Gasteiger partial charge is 0.390 e. The number of aliphatic hydroxyl groups is 1. The Bertz CT molecular complexity index is 471. The van der Waals surface area contributed by atoms with E-state index in [1.807, 2.05) is 0 Å². The van der Waals surface area contributed by atoms with Gasteiger partial charge in [-0.3, -0.25) is 4.90 Å². The molecule has 1 aliphatic heterocycles. The maximum atomic E-state index is 14.2. The second-order valence-corrected chi connectivity index (χ2v) is 5.62. The van der Waals surface area contributed by atoms with Gasteiger partial charge >= 0.3 is 0 Å². The van der Waals surface area contributed by atoms with Gasteiger partial charge in [0.1, 0.15) is 12.6 Å². The number of nitrogens with zero attached hydrogens (tertiary/aromatic N) is 1. The number of hydrogen-bond acceptors (Lipinski definition) is 3. The van der Waals surface area contributed by atoms with Crippen molar-refractivity contribution in [3.63, 3.8) is 0 Å². The Balaban J connectivity index is 0.00000220. The summed E-state index contributed by atoms with van der Waals surface area (Å²) in [5, 5.41) is 12.7. The fourth-order valence-corrected chi connectivity index (χ4v) is 2.84. The number of benzene rings is 1. The van der Waals surface area contributed by atoms with E-state index in [2.05, 4.69) is 5.32 Å². The normalized spacial score (nSPS) is 18.1. The summed E-state index contributed by atoms with van der Waals surface area (Å²) in [7, 11) is 0. The van der Waals surface area contributed by atoms with Crippen LogP contribution in [0.25, 0.3) is 0 Å². The molecule has 1 saturated heterocycles. The molecule has 1 aliphatic rings. The average Bonchev–Trinajstić information content (AvgIpc) is 2.44. The van der Waals surface area contributed by atoms with E-state index in [-0.39, 0.29) is 23.0 Å². The Morgan fingerprint density at radius 1 is 1.29 bits per heavy atom. The molecule has 0 unspecified atom stereocenters. The first-order valence-electron chi connectivity index (χ1n) is 6.34. The van der Waals surface area contributed by atoms with Crippen molar-refractivity contribution in [2.24, 2.45) is 0 Å². The van der Waals surface area contributed by atoms with Crippen LogP contribution in [0.2, 0.25) is 10.0 Å². The Morgan fingerprint density at radius 3 is 2.48 bits per heavy atom. The predicted molar refractivity (Wildman–Crippen MR) is 82.9 cm³/mol. The van der Waals surface area contributed by atoms with Crippen LogP contribution in [0.15, 0.2) is 18.2 Å². The third-order valence-electron chi connectivity index (χ3n) is 3.38. The summed E-state index contributed by atoms with van der Waals surface area (Å²) in [6.45, 7) is 0.934. The van der Waals surface area contributed by atoms with E-state index < -0.39 is 18.6 Å². The van der Waals surface area contributed by atoms with E-state index in [0.717, 1.165) is 0 Å². The lowest BCUT2D eigenvalue weighted by atomic mass is 9.98. The fourth-order valence-electron chi connectivity index (χ4n) is 2.44. The van der Waals surface area contributed by atoms with Gasteiger partial charge in [-0.1, -0.05) is 23.2 Å². The van der Waals surface area contributed by atoms with Gasteiger partial charge in [-0.05, 0) is 23.8 Å². The van der Waals surface area contributed by atoms with E-state index in [4.69, 9.17) is 28.3 Å². The monoisotopic (exact) mass is 360 g/mol. The topological polar surface area (TPSA) is 35.5 Å². The van der Waals surface area contributed by atoms with Gasteiger partial charge in [0.15, 0.2) is 0 Å². The number of hydrogen-bond donors (Lipinski definition) is 2. The van der Waals surface area contributed by atoms with Gasteiger partial charge in [0.2, 0.25) is 0 Å². The summed E-state index contributed by atoms with van der Waals surface area (Å²) in [6.07, 6.45) is 0. The molecule has 2 N–H and O–H groups in total. The molecule has 1 heterocycles. The van der Waals surface area contributed by atoms with Crippen LogP contribution < -0.4 is 5.32 Å².